The molecule has 0 saturated carbocycles. The summed E-state index contributed by atoms with van der Waals surface area (Å²) in [6, 6.07) is -0.327. The number of aromatic amines is 1. The molecule has 2 amide bonds. The van der Waals surface area contributed by atoms with Crippen molar-refractivity contribution in [3.8, 4) is 0 Å². The number of nitrogens with one attached hydrogen (secondary N) is 2. The van der Waals surface area contributed by atoms with Gasteiger partial charge in [0.05, 0.1) is 22.2 Å². The van der Waals surface area contributed by atoms with E-state index in [-0.39, 0.29) is 27.3 Å². The van der Waals surface area contributed by atoms with Crippen LogP contribution in [0.1, 0.15) is 42.8 Å². The molecule has 1 saturated heterocycles. The Labute approximate surface area is 185 Å². The van der Waals surface area contributed by atoms with E-state index in [2.05, 4.69) is 15.3 Å². The molecule has 3 rings (SSSR count). The minimum atomic E-state index is -1.33. The Hall–Kier alpha value is -2.34. The summed E-state index contributed by atoms with van der Waals surface area (Å²) in [4.78, 5) is 44.1. The number of hydrogen-bond donors (Lipinski definition) is 4. The number of thiazole rings is 1. The van der Waals surface area contributed by atoms with Gasteiger partial charge in [0.1, 0.15) is 10.6 Å². The number of H-pyrrole nitrogens is 1. The summed E-state index contributed by atoms with van der Waals surface area (Å²) in [6.07, 6.45) is 0.0746. The fourth-order valence-corrected chi connectivity index (χ4v) is 4.58. The van der Waals surface area contributed by atoms with Gasteiger partial charge in [-0.05, 0) is 13.3 Å². The zero-order valence-electron chi connectivity index (χ0n) is 16.0. The Kier molecular flexibility index (Phi) is 6.56. The number of aromatic nitrogens is 2. The molecule has 0 aromatic carbocycles. The second-order valence-corrected chi connectivity index (χ2v) is 8.42. The van der Waals surface area contributed by atoms with Gasteiger partial charge in [-0.25, -0.2) is 9.78 Å². The predicted molar refractivity (Wildman–Crippen MR) is 112 cm³/mol. The molecule has 1 fully saturated rings. The highest BCUT2D eigenvalue weighted by Gasteiger charge is 2.34. The maximum Gasteiger partial charge on any atom is 0.356 e. The third-order valence-electron chi connectivity index (χ3n) is 4.77. The third-order valence-corrected chi connectivity index (χ3v) is 6.85. The van der Waals surface area contributed by atoms with Crippen molar-refractivity contribution in [2.24, 2.45) is 5.73 Å². The van der Waals surface area contributed by atoms with Crippen LogP contribution in [0.5, 0.6) is 0 Å². The number of aromatic carboxylic acids is 1. The fraction of sp³-hybridized carbons (Fsp3) is 0.412. The number of carbonyl (C=O) groups excluding carboxylic acids is 2. The van der Waals surface area contributed by atoms with Gasteiger partial charge in [-0.15, -0.1) is 0 Å². The smallest absolute Gasteiger partial charge is 0.356 e. The molecular formula is C17H19Cl2N5O5S. The van der Waals surface area contributed by atoms with Crippen molar-refractivity contribution in [1.29, 1.82) is 0 Å². The van der Waals surface area contributed by atoms with E-state index in [1.165, 1.54) is 7.11 Å². The van der Waals surface area contributed by atoms with Gasteiger partial charge in [0.25, 0.3) is 11.8 Å². The van der Waals surface area contributed by atoms with Crippen LogP contribution < -0.4 is 16.0 Å². The fourth-order valence-electron chi connectivity index (χ4n) is 3.22. The number of methoxy groups -OCH3 is 1. The van der Waals surface area contributed by atoms with Crippen LogP contribution in [0.2, 0.25) is 10.0 Å². The first-order chi connectivity index (χ1) is 14.1. The Morgan fingerprint density at radius 3 is 2.57 bits per heavy atom. The summed E-state index contributed by atoms with van der Waals surface area (Å²) in [5, 5.41) is 12.9. The van der Waals surface area contributed by atoms with E-state index in [9.17, 15) is 19.5 Å². The number of nitrogens with two attached hydrogens (primary N) is 1. The van der Waals surface area contributed by atoms with Crippen molar-refractivity contribution >= 4 is 57.5 Å². The molecule has 1 aliphatic heterocycles. The molecule has 3 heterocycles. The van der Waals surface area contributed by atoms with E-state index in [4.69, 9.17) is 33.7 Å². The molecule has 10 nitrogen and oxygen atoms in total. The normalized spacial score (nSPS) is 19.0. The van der Waals surface area contributed by atoms with Crippen molar-refractivity contribution in [3.63, 3.8) is 0 Å². The number of carboxylic acid groups (broad SMARTS) is 1. The lowest BCUT2D eigenvalue weighted by Gasteiger charge is -2.37. The molecule has 13 heteroatoms. The van der Waals surface area contributed by atoms with Crippen LogP contribution in [0.3, 0.4) is 0 Å². The van der Waals surface area contributed by atoms with Crippen LogP contribution >= 0.6 is 34.5 Å². The first kappa shape index (κ1) is 22.3. The SMILES string of the molecule is CO[C@H]1CN(c2nc(C(=O)O)c(C(N)=O)s2)CC[C@H]1NC(=O)c1[nH]c(C)c(Cl)c1Cl. The zero-order valence-corrected chi connectivity index (χ0v) is 18.3. The van der Waals surface area contributed by atoms with Crippen LogP contribution in [0.4, 0.5) is 5.13 Å². The molecular weight excluding hydrogens is 457 g/mol. The van der Waals surface area contributed by atoms with E-state index < -0.39 is 23.9 Å². The molecule has 0 unspecified atom stereocenters. The number of anilines is 1. The number of carbonyl (C=O) groups is 3. The standard InChI is InChI=1S/C17H19Cl2N5O5S/c1-6-9(18)10(19)11(21-6)15(26)22-7-3-4-24(5-8(7)29-2)17-23-12(16(27)28)13(30-17)14(20)25/h7-8,21H,3-5H2,1-2H3,(H2,20,25)(H,22,26)(H,27,28)/t7-,8+/m1/s1. The Balaban J connectivity index is 1.74. The maximum atomic E-state index is 12.6. The van der Waals surface area contributed by atoms with Crippen LogP contribution in [-0.2, 0) is 4.74 Å². The summed E-state index contributed by atoms with van der Waals surface area (Å²) >= 11 is 13.1. The van der Waals surface area contributed by atoms with Crippen LogP contribution in [-0.4, -0.2) is 65.2 Å². The summed E-state index contributed by atoms with van der Waals surface area (Å²) < 4.78 is 5.53. The van der Waals surface area contributed by atoms with Crippen molar-refractivity contribution in [2.75, 3.05) is 25.1 Å². The predicted octanol–water partition coefficient (Wildman–Crippen LogP) is 1.91. The summed E-state index contributed by atoms with van der Waals surface area (Å²) in [7, 11) is 1.51. The van der Waals surface area contributed by atoms with Crippen molar-refractivity contribution in [3.05, 3.63) is 32.0 Å². The molecule has 162 valence electrons. The highest BCUT2D eigenvalue weighted by atomic mass is 35.5. The Morgan fingerprint density at radius 1 is 1.37 bits per heavy atom. The van der Waals surface area contributed by atoms with E-state index in [0.29, 0.717) is 35.4 Å². The number of amides is 2. The molecule has 5 N–H and O–H groups in total. The molecule has 0 aliphatic carbocycles. The second-order valence-electron chi connectivity index (χ2n) is 6.69. The summed E-state index contributed by atoms with van der Waals surface area (Å²) in [5.41, 5.74) is 5.65. The minimum Gasteiger partial charge on any atom is -0.476 e. The average Bonchev–Trinajstić information content (AvgIpc) is 3.26. The number of ether oxygens (including phenoxy) is 1. The van der Waals surface area contributed by atoms with Gasteiger partial charge in [0, 0.05) is 25.9 Å². The summed E-state index contributed by atoms with van der Waals surface area (Å²) in [6.45, 7) is 2.49. The molecule has 1 aliphatic rings. The molecule has 0 spiro atoms. The van der Waals surface area contributed by atoms with Gasteiger partial charge in [0.15, 0.2) is 10.8 Å². The lowest BCUT2D eigenvalue weighted by molar-refractivity contribution is 0.0539. The van der Waals surface area contributed by atoms with Crippen LogP contribution in [0.25, 0.3) is 0 Å². The molecule has 2 aromatic heterocycles. The Bertz CT molecular complexity index is 976. The van der Waals surface area contributed by atoms with Gasteiger partial charge in [-0.1, -0.05) is 34.5 Å². The lowest BCUT2D eigenvalue weighted by Crippen LogP contribution is -2.55. The Morgan fingerprint density at radius 2 is 2.07 bits per heavy atom. The average molecular weight is 476 g/mol. The van der Waals surface area contributed by atoms with Crippen LogP contribution in [0, 0.1) is 6.92 Å². The van der Waals surface area contributed by atoms with Gasteiger partial charge in [-0.2, -0.15) is 0 Å². The van der Waals surface area contributed by atoms with E-state index in [1.807, 2.05) is 0 Å². The second kappa shape index (κ2) is 8.80. The molecule has 2 aromatic rings. The van der Waals surface area contributed by atoms with Crippen molar-refractivity contribution in [1.82, 2.24) is 15.3 Å². The molecule has 0 radical (unpaired) electrons. The number of hydrogen-bond acceptors (Lipinski definition) is 7. The monoisotopic (exact) mass is 475 g/mol. The number of primary amides is 1. The molecule has 30 heavy (non-hydrogen) atoms. The number of carboxylic acids is 1. The maximum absolute atomic E-state index is 12.6. The quantitative estimate of drug-likeness (QED) is 0.497. The summed E-state index contributed by atoms with van der Waals surface area (Å²) in [5.74, 6) is -2.58. The minimum absolute atomic E-state index is 0.115. The number of piperidine rings is 1. The largest absolute Gasteiger partial charge is 0.476 e. The third kappa shape index (κ3) is 4.24. The number of nitrogens with zero attached hydrogens (tertiary/aromatic N) is 2. The van der Waals surface area contributed by atoms with Crippen LogP contribution in [0.15, 0.2) is 0 Å². The topological polar surface area (TPSA) is 151 Å². The number of rotatable bonds is 6. The van der Waals surface area contributed by atoms with Crippen molar-refractivity contribution < 1.29 is 24.2 Å². The van der Waals surface area contributed by atoms with E-state index in [0.717, 1.165) is 11.3 Å². The highest BCUT2D eigenvalue weighted by molar-refractivity contribution is 7.17. The number of aryl methyl sites for hydroxylation is 1. The van der Waals surface area contributed by atoms with E-state index in [1.54, 1.807) is 11.8 Å². The zero-order chi connectivity index (χ0) is 22.2. The van der Waals surface area contributed by atoms with Gasteiger partial charge >= 0.3 is 5.97 Å². The first-order valence-corrected chi connectivity index (χ1v) is 10.4. The van der Waals surface area contributed by atoms with Gasteiger partial charge < -0.3 is 30.8 Å². The highest BCUT2D eigenvalue weighted by Crippen LogP contribution is 2.31. The number of halogens is 2. The molecule has 2 atom stereocenters. The van der Waals surface area contributed by atoms with Gasteiger partial charge in [-0.3, -0.25) is 9.59 Å². The molecule has 0 bridgehead atoms. The van der Waals surface area contributed by atoms with E-state index >= 15 is 0 Å². The van der Waals surface area contributed by atoms with Crippen molar-refractivity contribution in [2.45, 2.75) is 25.5 Å². The first-order valence-electron chi connectivity index (χ1n) is 8.80. The lowest BCUT2D eigenvalue weighted by atomic mass is 10.0. The van der Waals surface area contributed by atoms with Gasteiger partial charge in [0.2, 0.25) is 0 Å².